The zero-order valence-corrected chi connectivity index (χ0v) is 9.91. The van der Waals surface area contributed by atoms with Gasteiger partial charge in [0.05, 0.1) is 6.07 Å². The van der Waals surface area contributed by atoms with Gasteiger partial charge in [0, 0.05) is 5.92 Å². The van der Waals surface area contributed by atoms with E-state index in [2.05, 4.69) is 25.1 Å². The highest BCUT2D eigenvalue weighted by Gasteiger charge is 2.25. The highest BCUT2D eigenvalue weighted by atomic mass is 14.3. The van der Waals surface area contributed by atoms with Gasteiger partial charge in [0.2, 0.25) is 0 Å². The molecule has 2 unspecified atom stereocenters. The number of nitriles is 1. The first-order valence-corrected chi connectivity index (χ1v) is 6.43. The van der Waals surface area contributed by atoms with Crippen LogP contribution in [-0.4, -0.2) is 0 Å². The second-order valence-electron chi connectivity index (χ2n) is 4.63. The Morgan fingerprint density at radius 1 is 1.27 bits per heavy atom. The molecule has 1 saturated carbocycles. The molecule has 1 rings (SSSR count). The Morgan fingerprint density at radius 3 is 2.87 bits per heavy atom. The third kappa shape index (κ3) is 4.51. The minimum absolute atomic E-state index is 0.338. The molecule has 0 radical (unpaired) electrons. The number of hydrogen-bond donors (Lipinski definition) is 0. The topological polar surface area (TPSA) is 23.8 Å². The van der Waals surface area contributed by atoms with Crippen molar-refractivity contribution < 1.29 is 0 Å². The molecule has 1 heteroatoms. The second-order valence-corrected chi connectivity index (χ2v) is 4.63. The van der Waals surface area contributed by atoms with E-state index in [1.54, 1.807) is 0 Å². The molecule has 0 aromatic carbocycles. The minimum Gasteiger partial charge on any atom is -0.198 e. The summed E-state index contributed by atoms with van der Waals surface area (Å²) in [5.41, 5.74) is 0. The largest absolute Gasteiger partial charge is 0.198 e. The fourth-order valence-electron chi connectivity index (χ4n) is 2.39. The molecule has 1 aliphatic rings. The first-order valence-electron chi connectivity index (χ1n) is 6.43. The van der Waals surface area contributed by atoms with Crippen molar-refractivity contribution in [1.82, 2.24) is 0 Å². The normalized spacial score (nSPS) is 25.9. The fraction of sp³-hybridized carbons (Fsp3) is 0.786. The first kappa shape index (κ1) is 12.3. The molecule has 2 atom stereocenters. The average molecular weight is 205 g/mol. The summed E-state index contributed by atoms with van der Waals surface area (Å²) in [5.74, 6) is 0.989. The average Bonchev–Trinajstić information content (AvgIpc) is 2.70. The van der Waals surface area contributed by atoms with Gasteiger partial charge in [-0.25, -0.2) is 0 Å². The molecule has 1 aliphatic carbocycles. The van der Waals surface area contributed by atoms with Crippen molar-refractivity contribution in [2.24, 2.45) is 11.8 Å². The van der Waals surface area contributed by atoms with Crippen LogP contribution in [0.3, 0.4) is 0 Å². The van der Waals surface area contributed by atoms with Crippen LogP contribution in [0, 0.1) is 23.2 Å². The molecule has 0 amide bonds. The lowest BCUT2D eigenvalue weighted by atomic mass is 9.94. The number of nitrogens with zero attached hydrogens (tertiary/aromatic N) is 1. The third-order valence-corrected chi connectivity index (χ3v) is 3.40. The Balaban J connectivity index is 2.11. The van der Waals surface area contributed by atoms with Gasteiger partial charge >= 0.3 is 0 Å². The zero-order valence-electron chi connectivity index (χ0n) is 9.91. The summed E-state index contributed by atoms with van der Waals surface area (Å²) in [6, 6.07) is 2.44. The Labute approximate surface area is 94.2 Å². The maximum Gasteiger partial charge on any atom is 0.0658 e. The molecule has 1 fully saturated rings. The van der Waals surface area contributed by atoms with Crippen molar-refractivity contribution in [1.29, 1.82) is 5.26 Å². The lowest BCUT2D eigenvalue weighted by Crippen LogP contribution is -2.03. The quantitative estimate of drug-likeness (QED) is 0.464. The number of hydrogen-bond acceptors (Lipinski definition) is 1. The summed E-state index contributed by atoms with van der Waals surface area (Å²) in [4.78, 5) is 0. The Kier molecular flexibility index (Phi) is 6.16. The standard InChI is InChI=1S/C14H23N/c1-2-3-4-5-6-7-9-13-10-8-11-14(13)12-15/h6-7,13-14H,2-5,8-11H2,1H3. The van der Waals surface area contributed by atoms with E-state index >= 15 is 0 Å². The number of rotatable bonds is 6. The van der Waals surface area contributed by atoms with E-state index in [9.17, 15) is 0 Å². The van der Waals surface area contributed by atoms with Gasteiger partial charge in [0.15, 0.2) is 0 Å². The van der Waals surface area contributed by atoms with Crippen molar-refractivity contribution in [3.63, 3.8) is 0 Å². The molecule has 0 aromatic heterocycles. The molecule has 0 aliphatic heterocycles. The van der Waals surface area contributed by atoms with Gasteiger partial charge in [-0.3, -0.25) is 0 Å². The van der Waals surface area contributed by atoms with Gasteiger partial charge in [0.1, 0.15) is 0 Å². The molecular formula is C14H23N. The van der Waals surface area contributed by atoms with Crippen molar-refractivity contribution in [3.05, 3.63) is 12.2 Å². The second kappa shape index (κ2) is 7.51. The van der Waals surface area contributed by atoms with E-state index in [-0.39, 0.29) is 0 Å². The number of allylic oxidation sites excluding steroid dienone is 2. The predicted octanol–water partition coefficient (Wildman–Crippen LogP) is 4.45. The molecule has 1 nitrogen and oxygen atoms in total. The zero-order chi connectivity index (χ0) is 10.9. The van der Waals surface area contributed by atoms with Crippen LogP contribution in [0.2, 0.25) is 0 Å². The highest BCUT2D eigenvalue weighted by Crippen LogP contribution is 2.33. The van der Waals surface area contributed by atoms with Crippen molar-refractivity contribution in [3.8, 4) is 6.07 Å². The molecule has 0 aromatic rings. The Bertz CT molecular complexity index is 224. The van der Waals surface area contributed by atoms with Crippen molar-refractivity contribution in [2.45, 2.75) is 58.3 Å². The van der Waals surface area contributed by atoms with Gasteiger partial charge in [0.25, 0.3) is 0 Å². The molecule has 0 saturated heterocycles. The molecule has 15 heavy (non-hydrogen) atoms. The maximum atomic E-state index is 8.94. The van der Waals surface area contributed by atoms with Gasteiger partial charge < -0.3 is 0 Å². The van der Waals surface area contributed by atoms with E-state index in [0.717, 1.165) is 12.8 Å². The minimum atomic E-state index is 0.338. The Hall–Kier alpha value is -0.770. The van der Waals surface area contributed by atoms with Gasteiger partial charge in [-0.15, -0.1) is 0 Å². The molecule has 0 heterocycles. The monoisotopic (exact) mass is 205 g/mol. The van der Waals surface area contributed by atoms with Crippen LogP contribution < -0.4 is 0 Å². The van der Waals surface area contributed by atoms with Crippen molar-refractivity contribution in [2.75, 3.05) is 0 Å². The lowest BCUT2D eigenvalue weighted by Gasteiger charge is -2.09. The predicted molar refractivity (Wildman–Crippen MR) is 64.3 cm³/mol. The summed E-state index contributed by atoms with van der Waals surface area (Å²) >= 11 is 0. The summed E-state index contributed by atoms with van der Waals surface area (Å²) in [7, 11) is 0. The lowest BCUT2D eigenvalue weighted by molar-refractivity contribution is 0.472. The molecular weight excluding hydrogens is 182 g/mol. The molecule has 84 valence electrons. The Morgan fingerprint density at radius 2 is 2.13 bits per heavy atom. The van der Waals surface area contributed by atoms with E-state index in [1.807, 2.05) is 0 Å². The number of unbranched alkanes of at least 4 members (excludes halogenated alkanes) is 3. The van der Waals surface area contributed by atoms with Gasteiger partial charge in [-0.2, -0.15) is 5.26 Å². The molecule has 0 N–H and O–H groups in total. The first-order chi connectivity index (χ1) is 7.38. The smallest absolute Gasteiger partial charge is 0.0658 e. The molecule has 0 bridgehead atoms. The van der Waals surface area contributed by atoms with E-state index < -0.39 is 0 Å². The van der Waals surface area contributed by atoms with Crippen LogP contribution in [0.5, 0.6) is 0 Å². The van der Waals surface area contributed by atoms with Crippen LogP contribution in [0.1, 0.15) is 58.3 Å². The third-order valence-electron chi connectivity index (χ3n) is 3.40. The van der Waals surface area contributed by atoms with Crippen LogP contribution >= 0.6 is 0 Å². The SMILES string of the molecule is CCCCCC=CCC1CCCC1C#N. The summed E-state index contributed by atoms with van der Waals surface area (Å²) in [6.45, 7) is 2.24. The summed E-state index contributed by atoms with van der Waals surface area (Å²) < 4.78 is 0. The fourth-order valence-corrected chi connectivity index (χ4v) is 2.39. The van der Waals surface area contributed by atoms with Crippen LogP contribution in [0.4, 0.5) is 0 Å². The van der Waals surface area contributed by atoms with Crippen LogP contribution in [0.25, 0.3) is 0 Å². The van der Waals surface area contributed by atoms with E-state index in [0.29, 0.717) is 11.8 Å². The van der Waals surface area contributed by atoms with Gasteiger partial charge in [-0.05, 0) is 38.0 Å². The van der Waals surface area contributed by atoms with Crippen LogP contribution in [-0.2, 0) is 0 Å². The van der Waals surface area contributed by atoms with E-state index in [1.165, 1.54) is 38.5 Å². The van der Waals surface area contributed by atoms with Crippen molar-refractivity contribution >= 4 is 0 Å². The maximum absolute atomic E-state index is 8.94. The van der Waals surface area contributed by atoms with Gasteiger partial charge in [-0.1, -0.05) is 38.3 Å². The summed E-state index contributed by atoms with van der Waals surface area (Å²) in [5, 5.41) is 8.94. The van der Waals surface area contributed by atoms with Crippen LogP contribution in [0.15, 0.2) is 12.2 Å². The highest BCUT2D eigenvalue weighted by molar-refractivity contribution is 4.96. The van der Waals surface area contributed by atoms with E-state index in [4.69, 9.17) is 5.26 Å². The molecule has 0 spiro atoms. The summed E-state index contributed by atoms with van der Waals surface area (Å²) in [6.07, 6.45) is 14.6.